The molecule has 1 rings (SSSR count). The molecule has 0 heterocycles. The Labute approximate surface area is 106 Å². The summed E-state index contributed by atoms with van der Waals surface area (Å²) in [6.07, 6.45) is -1.85. The molecule has 0 saturated carbocycles. The van der Waals surface area contributed by atoms with Crippen LogP contribution in [0.1, 0.15) is 28.9 Å². The molecule has 2 unspecified atom stereocenters. The summed E-state index contributed by atoms with van der Waals surface area (Å²) in [6.45, 7) is 1.63. The molecule has 0 saturated heterocycles. The number of carboxylic acid groups (broad SMARTS) is 1. The van der Waals surface area contributed by atoms with Gasteiger partial charge in [0.1, 0.15) is 5.75 Å². The number of ketones is 1. The minimum absolute atomic E-state index is 0.198. The summed E-state index contributed by atoms with van der Waals surface area (Å²) in [7, 11) is 0. The van der Waals surface area contributed by atoms with Gasteiger partial charge in [0.2, 0.25) is 0 Å². The summed E-state index contributed by atoms with van der Waals surface area (Å²) >= 11 is 3.09. The predicted molar refractivity (Wildman–Crippen MR) is 63.4 cm³/mol. The third-order valence-corrected chi connectivity index (χ3v) is 2.62. The third-order valence-electron chi connectivity index (χ3n) is 2.20. The molecule has 3 N–H and O–H groups in total. The number of Topliss-reactive ketones (excluding diaryl/α,β-unsaturated/α-hetero) is 1. The van der Waals surface area contributed by atoms with Crippen LogP contribution in [0.3, 0.4) is 0 Å². The van der Waals surface area contributed by atoms with E-state index in [-0.39, 0.29) is 22.7 Å². The quantitative estimate of drug-likeness (QED) is 0.578. The number of alkyl halides is 1. The topological polar surface area (TPSA) is 94.8 Å². The highest BCUT2D eigenvalue weighted by Gasteiger charge is 2.22. The monoisotopic (exact) mass is 302 g/mol. The second kappa shape index (κ2) is 5.29. The minimum Gasteiger partial charge on any atom is -0.508 e. The summed E-state index contributed by atoms with van der Waals surface area (Å²) in [5, 5.41) is 27.4. The van der Waals surface area contributed by atoms with Gasteiger partial charge in [-0.05, 0) is 25.1 Å². The molecule has 17 heavy (non-hydrogen) atoms. The van der Waals surface area contributed by atoms with Crippen LogP contribution < -0.4 is 0 Å². The molecule has 0 aliphatic carbocycles. The van der Waals surface area contributed by atoms with E-state index in [4.69, 9.17) is 5.11 Å². The van der Waals surface area contributed by atoms with Crippen molar-refractivity contribution in [2.45, 2.75) is 17.9 Å². The number of rotatable bonds is 4. The molecular weight excluding hydrogens is 292 g/mol. The Hall–Kier alpha value is -1.40. The average molecular weight is 303 g/mol. The molecule has 0 aliphatic heterocycles. The van der Waals surface area contributed by atoms with Gasteiger partial charge in [0.15, 0.2) is 11.9 Å². The van der Waals surface area contributed by atoms with Crippen molar-refractivity contribution in [3.05, 3.63) is 29.3 Å². The van der Waals surface area contributed by atoms with Gasteiger partial charge in [-0.2, -0.15) is 0 Å². The Morgan fingerprint density at radius 2 is 1.94 bits per heavy atom. The number of aromatic hydroxyl groups is 1. The summed E-state index contributed by atoms with van der Waals surface area (Å²) in [5.41, 5.74) is 0.0268. The molecule has 2 atom stereocenters. The first-order valence-electron chi connectivity index (χ1n) is 4.76. The fourth-order valence-electron chi connectivity index (χ4n) is 1.29. The number of phenols is 1. The van der Waals surface area contributed by atoms with Crippen LogP contribution in [-0.2, 0) is 4.79 Å². The highest BCUT2D eigenvalue weighted by atomic mass is 79.9. The zero-order chi connectivity index (χ0) is 13.2. The number of phenolic OH excluding ortho intramolecular Hbond substituents is 1. The van der Waals surface area contributed by atoms with E-state index in [1.54, 1.807) is 6.92 Å². The maximum absolute atomic E-state index is 11.6. The van der Waals surface area contributed by atoms with Gasteiger partial charge in [-0.1, -0.05) is 15.9 Å². The average Bonchev–Trinajstić information content (AvgIpc) is 2.27. The zero-order valence-corrected chi connectivity index (χ0v) is 10.5. The summed E-state index contributed by atoms with van der Waals surface area (Å²) in [4.78, 5) is 21.8. The van der Waals surface area contributed by atoms with Crippen molar-refractivity contribution in [1.82, 2.24) is 0 Å². The van der Waals surface area contributed by atoms with Crippen LogP contribution >= 0.6 is 15.9 Å². The molecule has 0 spiro atoms. The van der Waals surface area contributed by atoms with E-state index in [9.17, 15) is 19.8 Å². The van der Waals surface area contributed by atoms with Gasteiger partial charge in [0, 0.05) is 11.1 Å². The normalized spacial score (nSPS) is 14.1. The smallest absolute Gasteiger partial charge is 0.337 e. The van der Waals surface area contributed by atoms with Crippen molar-refractivity contribution >= 4 is 27.7 Å². The largest absolute Gasteiger partial charge is 0.508 e. The van der Waals surface area contributed by atoms with Crippen LogP contribution in [0.5, 0.6) is 5.75 Å². The predicted octanol–water partition coefficient (Wildman–Crippen LogP) is 1.48. The maximum atomic E-state index is 11.6. The van der Waals surface area contributed by atoms with E-state index in [2.05, 4.69) is 15.9 Å². The van der Waals surface area contributed by atoms with Crippen molar-refractivity contribution in [1.29, 1.82) is 0 Å². The van der Waals surface area contributed by atoms with Gasteiger partial charge >= 0.3 is 5.97 Å². The molecule has 0 bridgehead atoms. The highest BCUT2D eigenvalue weighted by Crippen LogP contribution is 2.26. The van der Waals surface area contributed by atoms with Crippen molar-refractivity contribution in [2.75, 3.05) is 0 Å². The van der Waals surface area contributed by atoms with Crippen LogP contribution in [0.25, 0.3) is 0 Å². The number of hydrogen-bond acceptors (Lipinski definition) is 4. The van der Waals surface area contributed by atoms with Crippen LogP contribution in [0.15, 0.2) is 18.2 Å². The lowest BCUT2D eigenvalue weighted by molar-refractivity contribution is -0.147. The van der Waals surface area contributed by atoms with Crippen molar-refractivity contribution in [2.24, 2.45) is 0 Å². The van der Waals surface area contributed by atoms with Gasteiger partial charge in [0.05, 0.1) is 4.83 Å². The Bertz CT molecular complexity index is 455. The molecule has 0 aliphatic rings. The molecule has 1 aromatic carbocycles. The molecule has 0 radical (unpaired) electrons. The number of aliphatic hydroxyl groups is 1. The van der Waals surface area contributed by atoms with Crippen molar-refractivity contribution in [3.63, 3.8) is 0 Å². The number of carboxylic acids is 1. The van der Waals surface area contributed by atoms with Gasteiger partial charge in [-0.25, -0.2) is 4.79 Å². The van der Waals surface area contributed by atoms with E-state index in [0.717, 1.165) is 0 Å². The molecular formula is C11H11BrO5. The van der Waals surface area contributed by atoms with Gasteiger partial charge in [-0.15, -0.1) is 0 Å². The molecule has 6 heteroatoms. The fourth-order valence-corrected chi connectivity index (χ4v) is 1.55. The first-order valence-corrected chi connectivity index (χ1v) is 5.68. The Kier molecular flexibility index (Phi) is 4.25. The first kappa shape index (κ1) is 13.7. The molecule has 5 nitrogen and oxygen atoms in total. The van der Waals surface area contributed by atoms with Gasteiger partial charge in [0.25, 0.3) is 0 Å². The van der Waals surface area contributed by atoms with E-state index in [0.29, 0.717) is 0 Å². The lowest BCUT2D eigenvalue weighted by atomic mass is 10.0. The van der Waals surface area contributed by atoms with E-state index in [1.807, 2.05) is 0 Å². The lowest BCUT2D eigenvalue weighted by Gasteiger charge is -2.10. The number of carbonyl (C=O) groups is 2. The molecule has 92 valence electrons. The number of benzene rings is 1. The standard InChI is InChI=1S/C11H11BrO5/c1-5(12)9(14)6-2-3-8(13)7(4-6)10(15)11(16)17/h2-5,10,13,15H,1H3,(H,16,17). The molecule has 0 amide bonds. The number of halogens is 1. The number of hydrogen-bond donors (Lipinski definition) is 3. The zero-order valence-electron chi connectivity index (χ0n) is 8.92. The van der Waals surface area contributed by atoms with Crippen LogP contribution in [0.2, 0.25) is 0 Å². The van der Waals surface area contributed by atoms with Crippen molar-refractivity contribution in [3.8, 4) is 5.75 Å². The number of carbonyl (C=O) groups excluding carboxylic acids is 1. The molecule has 0 fully saturated rings. The lowest BCUT2D eigenvalue weighted by Crippen LogP contribution is -2.14. The number of aliphatic carboxylic acids is 1. The minimum atomic E-state index is -1.85. The second-order valence-electron chi connectivity index (χ2n) is 3.49. The van der Waals surface area contributed by atoms with Crippen LogP contribution in [-0.4, -0.2) is 31.9 Å². The summed E-state index contributed by atoms with van der Waals surface area (Å²) in [5.74, 6) is -2.11. The Morgan fingerprint density at radius 1 is 1.35 bits per heavy atom. The van der Waals surface area contributed by atoms with E-state index < -0.39 is 16.9 Å². The van der Waals surface area contributed by atoms with Crippen LogP contribution in [0.4, 0.5) is 0 Å². The van der Waals surface area contributed by atoms with Gasteiger partial charge < -0.3 is 15.3 Å². The molecule has 0 aromatic heterocycles. The van der Waals surface area contributed by atoms with E-state index in [1.165, 1.54) is 18.2 Å². The van der Waals surface area contributed by atoms with Gasteiger partial charge in [-0.3, -0.25) is 4.79 Å². The second-order valence-corrected chi connectivity index (χ2v) is 4.87. The SMILES string of the molecule is CC(Br)C(=O)c1ccc(O)c(C(O)C(=O)O)c1. The maximum Gasteiger partial charge on any atom is 0.337 e. The molecule has 1 aromatic rings. The van der Waals surface area contributed by atoms with Crippen LogP contribution in [0, 0.1) is 0 Å². The Morgan fingerprint density at radius 3 is 2.41 bits per heavy atom. The summed E-state index contributed by atoms with van der Waals surface area (Å²) in [6, 6.07) is 3.73. The number of aliphatic hydroxyl groups excluding tert-OH is 1. The first-order chi connectivity index (χ1) is 7.84. The third kappa shape index (κ3) is 3.04. The fraction of sp³-hybridized carbons (Fsp3) is 0.273. The highest BCUT2D eigenvalue weighted by molar-refractivity contribution is 9.10. The summed E-state index contributed by atoms with van der Waals surface area (Å²) < 4.78 is 0. The Balaban J connectivity index is 3.19. The van der Waals surface area contributed by atoms with E-state index >= 15 is 0 Å². The van der Waals surface area contributed by atoms with Crippen molar-refractivity contribution < 1.29 is 24.9 Å².